The van der Waals surface area contributed by atoms with Crippen LogP contribution in [0.5, 0.6) is 0 Å². The molecular weight excluding hydrogens is 248 g/mol. The molecule has 0 aliphatic heterocycles. The van der Waals surface area contributed by atoms with E-state index in [2.05, 4.69) is 23.8 Å². The number of benzene rings is 1. The Morgan fingerprint density at radius 1 is 1.05 bits per heavy atom. The molecule has 0 atom stereocenters. The number of rotatable bonds is 9. The van der Waals surface area contributed by atoms with Gasteiger partial charge in [0.15, 0.2) is 0 Å². The van der Waals surface area contributed by atoms with Gasteiger partial charge >= 0.3 is 5.97 Å². The monoisotopic (exact) mass is 274 g/mol. The molecule has 0 aliphatic carbocycles. The number of hydrogen-bond acceptors (Lipinski definition) is 2. The third kappa shape index (κ3) is 7.13. The lowest BCUT2D eigenvalue weighted by atomic mass is 10.0. The van der Waals surface area contributed by atoms with Gasteiger partial charge in [0.1, 0.15) is 0 Å². The smallest absolute Gasteiger partial charge is 0.330 e. The predicted molar refractivity (Wildman–Crippen MR) is 84.6 cm³/mol. The van der Waals surface area contributed by atoms with Gasteiger partial charge in [-0.15, -0.1) is 0 Å². The van der Waals surface area contributed by atoms with Crippen LogP contribution in [0.3, 0.4) is 0 Å². The van der Waals surface area contributed by atoms with Crippen LogP contribution in [0, 0.1) is 0 Å². The van der Waals surface area contributed by atoms with E-state index in [1.807, 2.05) is 12.1 Å². The Morgan fingerprint density at radius 3 is 2.35 bits per heavy atom. The lowest BCUT2D eigenvalue weighted by molar-refractivity contribution is -0.134. The van der Waals surface area contributed by atoms with Crippen molar-refractivity contribution in [1.29, 1.82) is 0 Å². The number of esters is 1. The number of carbonyl (C=O) groups is 1. The maximum Gasteiger partial charge on any atom is 0.330 e. The highest BCUT2D eigenvalue weighted by molar-refractivity contribution is 5.86. The van der Waals surface area contributed by atoms with Gasteiger partial charge in [-0.1, -0.05) is 63.3 Å². The lowest BCUT2D eigenvalue weighted by Gasteiger charge is -2.02. The van der Waals surface area contributed by atoms with Gasteiger partial charge in [-0.05, 0) is 30.0 Å². The maximum atomic E-state index is 11.0. The zero-order chi connectivity index (χ0) is 14.6. The molecule has 20 heavy (non-hydrogen) atoms. The first-order valence-electron chi connectivity index (χ1n) is 7.61. The maximum absolute atomic E-state index is 11.0. The molecule has 0 aromatic heterocycles. The molecular formula is C18H26O2. The number of methoxy groups -OCH3 is 1. The van der Waals surface area contributed by atoms with Gasteiger partial charge in [0.05, 0.1) is 7.11 Å². The van der Waals surface area contributed by atoms with Crippen molar-refractivity contribution in [2.75, 3.05) is 7.11 Å². The van der Waals surface area contributed by atoms with E-state index >= 15 is 0 Å². The van der Waals surface area contributed by atoms with Gasteiger partial charge in [0.25, 0.3) is 0 Å². The highest BCUT2D eigenvalue weighted by atomic mass is 16.5. The van der Waals surface area contributed by atoms with Crippen molar-refractivity contribution in [3.63, 3.8) is 0 Å². The molecule has 0 heterocycles. The number of unbranched alkanes of at least 4 members (excludes halogenated alkanes) is 5. The zero-order valence-electron chi connectivity index (χ0n) is 12.7. The zero-order valence-corrected chi connectivity index (χ0v) is 12.7. The molecule has 0 unspecified atom stereocenters. The number of hydrogen-bond donors (Lipinski definition) is 0. The largest absolute Gasteiger partial charge is 0.466 e. The summed E-state index contributed by atoms with van der Waals surface area (Å²) in [6.45, 7) is 2.25. The van der Waals surface area contributed by atoms with Gasteiger partial charge in [-0.3, -0.25) is 0 Å². The molecule has 110 valence electrons. The quantitative estimate of drug-likeness (QED) is 0.368. The van der Waals surface area contributed by atoms with Gasteiger partial charge in [0.2, 0.25) is 0 Å². The summed E-state index contributed by atoms with van der Waals surface area (Å²) in [4.78, 5) is 11.0. The number of ether oxygens (including phenoxy) is 1. The second-order valence-electron chi connectivity index (χ2n) is 5.12. The van der Waals surface area contributed by atoms with E-state index in [1.54, 1.807) is 6.08 Å². The minimum absolute atomic E-state index is 0.318. The molecule has 1 rings (SSSR count). The Balaban J connectivity index is 2.28. The second kappa shape index (κ2) is 10.2. The van der Waals surface area contributed by atoms with Gasteiger partial charge in [-0.25, -0.2) is 4.79 Å². The summed E-state index contributed by atoms with van der Waals surface area (Å²) in [6, 6.07) is 8.38. The highest BCUT2D eigenvalue weighted by Crippen LogP contribution is 2.11. The van der Waals surface area contributed by atoms with E-state index in [4.69, 9.17) is 0 Å². The van der Waals surface area contributed by atoms with Gasteiger partial charge < -0.3 is 4.74 Å². The third-order valence-corrected chi connectivity index (χ3v) is 3.41. The molecule has 0 saturated carbocycles. The van der Waals surface area contributed by atoms with Crippen LogP contribution in [0.1, 0.15) is 56.6 Å². The molecule has 0 N–H and O–H groups in total. The van der Waals surface area contributed by atoms with Crippen molar-refractivity contribution >= 4 is 12.0 Å². The normalized spacial score (nSPS) is 10.9. The minimum Gasteiger partial charge on any atom is -0.466 e. The Kier molecular flexibility index (Phi) is 8.44. The van der Waals surface area contributed by atoms with E-state index in [0.29, 0.717) is 0 Å². The molecule has 2 nitrogen and oxygen atoms in total. The Morgan fingerprint density at radius 2 is 1.70 bits per heavy atom. The molecule has 0 aliphatic rings. The summed E-state index contributed by atoms with van der Waals surface area (Å²) in [5.74, 6) is -0.318. The molecule has 2 heteroatoms. The van der Waals surface area contributed by atoms with Crippen LogP contribution >= 0.6 is 0 Å². The molecule has 1 aromatic carbocycles. The van der Waals surface area contributed by atoms with Crippen LogP contribution in [-0.2, 0) is 16.0 Å². The van der Waals surface area contributed by atoms with E-state index in [1.165, 1.54) is 57.3 Å². The van der Waals surface area contributed by atoms with Crippen molar-refractivity contribution in [3.8, 4) is 0 Å². The fourth-order valence-electron chi connectivity index (χ4n) is 2.14. The van der Waals surface area contributed by atoms with Crippen molar-refractivity contribution in [3.05, 3.63) is 41.5 Å². The molecule has 0 bridgehead atoms. The summed E-state index contributed by atoms with van der Waals surface area (Å²) in [7, 11) is 1.39. The summed E-state index contributed by atoms with van der Waals surface area (Å²) in [5.41, 5.74) is 2.40. The lowest BCUT2D eigenvalue weighted by Crippen LogP contribution is -1.93. The second-order valence-corrected chi connectivity index (χ2v) is 5.12. The third-order valence-electron chi connectivity index (χ3n) is 3.41. The van der Waals surface area contributed by atoms with E-state index in [9.17, 15) is 4.79 Å². The van der Waals surface area contributed by atoms with Crippen LogP contribution in [0.4, 0.5) is 0 Å². The Bertz CT molecular complexity index is 404. The van der Waals surface area contributed by atoms with Crippen molar-refractivity contribution < 1.29 is 9.53 Å². The molecule has 0 spiro atoms. The van der Waals surface area contributed by atoms with E-state index < -0.39 is 0 Å². The van der Waals surface area contributed by atoms with Crippen LogP contribution in [0.2, 0.25) is 0 Å². The fraction of sp³-hybridized carbons (Fsp3) is 0.500. The minimum atomic E-state index is -0.318. The summed E-state index contributed by atoms with van der Waals surface area (Å²) >= 11 is 0. The van der Waals surface area contributed by atoms with Gasteiger partial charge in [-0.2, -0.15) is 0 Å². The average molecular weight is 274 g/mol. The summed E-state index contributed by atoms with van der Waals surface area (Å²) in [5, 5.41) is 0. The van der Waals surface area contributed by atoms with Crippen molar-refractivity contribution in [1.82, 2.24) is 0 Å². The standard InChI is InChI=1S/C18H26O2/c1-3-4-5-6-7-8-9-16-10-12-17(13-11-16)14-15-18(19)20-2/h10-15H,3-9H2,1-2H3/b15-14+. The summed E-state index contributed by atoms with van der Waals surface area (Å²) in [6.07, 6.45) is 12.4. The van der Waals surface area contributed by atoms with Crippen LogP contribution in [0.25, 0.3) is 6.08 Å². The Labute approximate surface area is 122 Å². The van der Waals surface area contributed by atoms with Crippen molar-refractivity contribution in [2.24, 2.45) is 0 Å². The molecule has 0 saturated heterocycles. The molecule has 0 amide bonds. The Hall–Kier alpha value is -1.57. The van der Waals surface area contributed by atoms with E-state index in [0.717, 1.165) is 12.0 Å². The van der Waals surface area contributed by atoms with Crippen LogP contribution in [0.15, 0.2) is 30.3 Å². The molecule has 0 fully saturated rings. The molecule has 0 radical (unpaired) electrons. The first-order chi connectivity index (χ1) is 9.76. The molecule has 1 aromatic rings. The summed E-state index contributed by atoms with van der Waals surface area (Å²) < 4.78 is 4.56. The SMILES string of the molecule is CCCCCCCCc1ccc(/C=C/C(=O)OC)cc1. The first kappa shape index (κ1) is 16.5. The number of carbonyl (C=O) groups excluding carboxylic acids is 1. The van der Waals surface area contributed by atoms with E-state index in [-0.39, 0.29) is 5.97 Å². The average Bonchev–Trinajstić information content (AvgIpc) is 2.49. The first-order valence-corrected chi connectivity index (χ1v) is 7.61. The van der Waals surface area contributed by atoms with Crippen LogP contribution < -0.4 is 0 Å². The highest BCUT2D eigenvalue weighted by Gasteiger charge is 1.96. The fourth-order valence-corrected chi connectivity index (χ4v) is 2.14. The van der Waals surface area contributed by atoms with Crippen molar-refractivity contribution in [2.45, 2.75) is 51.9 Å². The van der Waals surface area contributed by atoms with Gasteiger partial charge in [0, 0.05) is 6.08 Å². The number of aryl methyl sites for hydroxylation is 1. The van der Waals surface area contributed by atoms with Crippen LogP contribution in [-0.4, -0.2) is 13.1 Å². The predicted octanol–water partition coefficient (Wildman–Crippen LogP) is 4.78. The topological polar surface area (TPSA) is 26.3 Å².